The number of halogens is 1. The van der Waals surface area contributed by atoms with Gasteiger partial charge in [-0.25, -0.2) is 9.97 Å². The molecule has 32 heavy (non-hydrogen) atoms. The predicted octanol–water partition coefficient (Wildman–Crippen LogP) is 5.61. The molecule has 1 heterocycles. The normalized spacial score (nSPS) is 12.5. The van der Waals surface area contributed by atoms with E-state index in [1.165, 1.54) is 11.8 Å². The molecule has 0 atom stereocenters. The molecule has 0 saturated heterocycles. The first kappa shape index (κ1) is 25.7. The molecule has 0 radical (unpaired) electrons. The molecule has 2 rings (SSSR count). The number of hydrogen-bond donors (Lipinski definition) is 2. The van der Waals surface area contributed by atoms with Crippen molar-refractivity contribution in [2.75, 3.05) is 23.9 Å². The molecule has 0 unspecified atom stereocenters. The van der Waals surface area contributed by atoms with Crippen LogP contribution in [0.1, 0.15) is 44.6 Å². The number of carbonyl (C=O) groups is 2. The Balaban J connectivity index is 2.01. The number of nitrogens with zero attached hydrogens (tertiary/aromatic N) is 3. The van der Waals surface area contributed by atoms with E-state index in [9.17, 15) is 9.59 Å². The van der Waals surface area contributed by atoms with Gasteiger partial charge >= 0.3 is 0 Å². The number of amides is 2. The number of aromatic nitrogens is 2. The zero-order valence-electron chi connectivity index (χ0n) is 19.1. The number of anilines is 2. The van der Waals surface area contributed by atoms with Gasteiger partial charge in [0.2, 0.25) is 5.91 Å². The number of thioether (sulfide) groups is 1. The molecule has 2 aromatic rings. The number of benzene rings is 1. The van der Waals surface area contributed by atoms with E-state index in [2.05, 4.69) is 62.3 Å². The minimum Gasteiger partial charge on any atom is -0.326 e. The molecular formula is C23H28BrN5O2S. The van der Waals surface area contributed by atoms with Gasteiger partial charge in [-0.3, -0.25) is 14.6 Å². The fraction of sp³-hybridized carbons (Fsp3) is 0.348. The third-order valence-corrected chi connectivity index (χ3v) is 5.88. The van der Waals surface area contributed by atoms with Gasteiger partial charge in [0.05, 0.1) is 10.9 Å². The van der Waals surface area contributed by atoms with Crippen LogP contribution in [0.25, 0.3) is 0 Å². The van der Waals surface area contributed by atoms with Gasteiger partial charge in [-0.2, -0.15) is 0 Å². The second-order valence-electron chi connectivity index (χ2n) is 8.10. The Kier molecular flexibility index (Phi) is 9.15. The van der Waals surface area contributed by atoms with Gasteiger partial charge in [-0.1, -0.05) is 38.1 Å². The molecule has 7 nitrogen and oxygen atoms in total. The van der Waals surface area contributed by atoms with Crippen molar-refractivity contribution in [2.24, 2.45) is 10.4 Å². The largest absolute Gasteiger partial charge is 0.326 e. The van der Waals surface area contributed by atoms with E-state index in [4.69, 9.17) is 0 Å². The van der Waals surface area contributed by atoms with Crippen molar-refractivity contribution in [3.63, 3.8) is 0 Å². The second-order valence-corrected chi connectivity index (χ2v) is 9.73. The van der Waals surface area contributed by atoms with Gasteiger partial charge in [0.1, 0.15) is 5.69 Å². The Bertz CT molecular complexity index is 1040. The van der Waals surface area contributed by atoms with Gasteiger partial charge in [0.15, 0.2) is 5.16 Å². The molecule has 9 heteroatoms. The molecule has 1 aromatic carbocycles. The van der Waals surface area contributed by atoms with Crippen LogP contribution in [-0.4, -0.2) is 40.8 Å². The molecule has 2 amide bonds. The van der Waals surface area contributed by atoms with E-state index in [1.807, 2.05) is 19.3 Å². The van der Waals surface area contributed by atoms with Crippen LogP contribution in [0, 0.1) is 5.41 Å². The molecule has 0 saturated carbocycles. The Morgan fingerprint density at radius 1 is 1.16 bits per heavy atom. The highest BCUT2D eigenvalue weighted by molar-refractivity contribution is 9.10. The highest BCUT2D eigenvalue weighted by Gasteiger charge is 2.16. The van der Waals surface area contributed by atoms with E-state index >= 15 is 0 Å². The maximum Gasteiger partial charge on any atom is 0.275 e. The maximum atomic E-state index is 12.5. The summed E-state index contributed by atoms with van der Waals surface area (Å²) in [6, 6.07) is 6.90. The lowest BCUT2D eigenvalue weighted by atomic mass is 9.86. The van der Waals surface area contributed by atoms with Crippen LogP contribution in [0.3, 0.4) is 0 Å². The van der Waals surface area contributed by atoms with Gasteiger partial charge in [0.25, 0.3) is 5.91 Å². The van der Waals surface area contributed by atoms with Crippen molar-refractivity contribution in [3.05, 3.63) is 52.3 Å². The third-order valence-electron chi connectivity index (χ3n) is 4.74. The average molecular weight is 518 g/mol. The van der Waals surface area contributed by atoms with E-state index < -0.39 is 0 Å². The topological polar surface area (TPSA) is 96.3 Å². The standard InChI is InChI=1S/C23H28BrN5O2S/c1-14(23(2,3)4)11-17(25-5)12-19(30)27-15-7-9-16(10-8-15)28-21(31)20-18(24)13-26-22(29-20)32-6/h7-11,13H,12H2,1-6H3,(H,27,30)(H,28,31)/b14-11+,25-17?. The molecule has 0 spiro atoms. The smallest absolute Gasteiger partial charge is 0.275 e. The molecule has 0 aliphatic carbocycles. The minimum absolute atomic E-state index is 0.0188. The fourth-order valence-electron chi connectivity index (χ4n) is 2.47. The van der Waals surface area contributed by atoms with Gasteiger partial charge in [0, 0.05) is 30.3 Å². The lowest BCUT2D eigenvalue weighted by Gasteiger charge is -2.19. The van der Waals surface area contributed by atoms with Crippen LogP contribution < -0.4 is 10.6 Å². The van der Waals surface area contributed by atoms with Crippen molar-refractivity contribution >= 4 is 56.6 Å². The molecule has 2 N–H and O–H groups in total. The molecule has 0 fully saturated rings. The summed E-state index contributed by atoms with van der Waals surface area (Å²) >= 11 is 4.66. The highest BCUT2D eigenvalue weighted by atomic mass is 79.9. The first-order valence-electron chi connectivity index (χ1n) is 9.95. The summed E-state index contributed by atoms with van der Waals surface area (Å²) in [4.78, 5) is 37.6. The number of hydrogen-bond acceptors (Lipinski definition) is 6. The van der Waals surface area contributed by atoms with Crippen molar-refractivity contribution in [2.45, 2.75) is 39.3 Å². The van der Waals surface area contributed by atoms with Crippen molar-refractivity contribution < 1.29 is 9.59 Å². The summed E-state index contributed by atoms with van der Waals surface area (Å²) in [5.41, 5.74) is 3.37. The van der Waals surface area contributed by atoms with Crippen LogP contribution in [0.5, 0.6) is 0 Å². The van der Waals surface area contributed by atoms with E-state index in [1.54, 1.807) is 37.5 Å². The Labute approximate surface area is 201 Å². The van der Waals surface area contributed by atoms with E-state index in [0.717, 1.165) is 11.3 Å². The lowest BCUT2D eigenvalue weighted by molar-refractivity contribution is -0.115. The molecule has 1 aromatic heterocycles. The quantitative estimate of drug-likeness (QED) is 0.282. The number of rotatable bonds is 7. The number of carbonyl (C=O) groups excluding carboxylic acids is 2. The predicted molar refractivity (Wildman–Crippen MR) is 136 cm³/mol. The maximum absolute atomic E-state index is 12.5. The van der Waals surface area contributed by atoms with Crippen molar-refractivity contribution in [1.29, 1.82) is 0 Å². The van der Waals surface area contributed by atoms with E-state index in [0.29, 0.717) is 21.0 Å². The first-order valence-corrected chi connectivity index (χ1v) is 12.0. The van der Waals surface area contributed by atoms with Crippen LogP contribution in [0.2, 0.25) is 0 Å². The number of aliphatic imine (C=N–C) groups is 1. The molecule has 0 aliphatic heterocycles. The van der Waals surface area contributed by atoms with Crippen LogP contribution in [0.4, 0.5) is 11.4 Å². The van der Waals surface area contributed by atoms with Gasteiger partial charge < -0.3 is 10.6 Å². The van der Waals surface area contributed by atoms with Gasteiger partial charge in [-0.15, -0.1) is 0 Å². The zero-order chi connectivity index (χ0) is 23.9. The van der Waals surface area contributed by atoms with Gasteiger partial charge in [-0.05, 0) is 64.9 Å². The van der Waals surface area contributed by atoms with E-state index in [-0.39, 0.29) is 29.3 Å². The summed E-state index contributed by atoms with van der Waals surface area (Å²) in [7, 11) is 1.69. The van der Waals surface area contributed by atoms with Crippen LogP contribution >= 0.6 is 27.7 Å². The van der Waals surface area contributed by atoms with Crippen LogP contribution in [0.15, 0.2) is 56.7 Å². The summed E-state index contributed by atoms with van der Waals surface area (Å²) in [6.45, 7) is 8.41. The summed E-state index contributed by atoms with van der Waals surface area (Å²) < 4.78 is 0.515. The number of allylic oxidation sites excluding steroid dienone is 2. The monoisotopic (exact) mass is 517 g/mol. The third kappa shape index (κ3) is 7.56. The Morgan fingerprint density at radius 2 is 1.75 bits per heavy atom. The Morgan fingerprint density at radius 3 is 2.28 bits per heavy atom. The Hall–Kier alpha value is -2.52. The molecule has 0 bridgehead atoms. The van der Waals surface area contributed by atoms with Crippen molar-refractivity contribution in [3.8, 4) is 0 Å². The zero-order valence-corrected chi connectivity index (χ0v) is 21.5. The summed E-state index contributed by atoms with van der Waals surface area (Å²) in [5, 5.41) is 6.18. The molecule has 170 valence electrons. The SMILES string of the molecule is CN=C(/C=C(\C)C(C)(C)C)CC(=O)Nc1ccc(NC(=O)c2nc(SC)ncc2Br)cc1. The molecular weight excluding hydrogens is 490 g/mol. The second kappa shape index (κ2) is 11.4. The van der Waals surface area contributed by atoms with Crippen molar-refractivity contribution in [1.82, 2.24) is 9.97 Å². The first-order chi connectivity index (χ1) is 15.0. The summed E-state index contributed by atoms with van der Waals surface area (Å²) in [6.07, 6.45) is 5.54. The molecule has 0 aliphatic rings. The highest BCUT2D eigenvalue weighted by Crippen LogP contribution is 2.24. The lowest BCUT2D eigenvalue weighted by Crippen LogP contribution is -2.17. The number of nitrogens with one attached hydrogen (secondary N) is 2. The summed E-state index contributed by atoms with van der Waals surface area (Å²) in [5.74, 6) is -0.508. The minimum atomic E-state index is -0.351. The fourth-order valence-corrected chi connectivity index (χ4v) is 3.18. The average Bonchev–Trinajstić information content (AvgIpc) is 2.74. The van der Waals surface area contributed by atoms with Crippen LogP contribution in [-0.2, 0) is 4.79 Å².